The minimum absolute atomic E-state index is 0.00448. The van der Waals surface area contributed by atoms with Crippen molar-refractivity contribution in [2.45, 2.75) is 151 Å². The van der Waals surface area contributed by atoms with Gasteiger partial charge >= 0.3 is 0 Å². The summed E-state index contributed by atoms with van der Waals surface area (Å²) in [5.74, 6) is 0. The Labute approximate surface area is 353 Å². The molecule has 0 aliphatic carbocycles. The van der Waals surface area contributed by atoms with Gasteiger partial charge in [0.2, 0.25) is 0 Å². The first-order valence-corrected chi connectivity index (χ1v) is 21.1. The van der Waals surface area contributed by atoms with Crippen molar-refractivity contribution in [3.05, 3.63) is 97.1 Å². The molecule has 0 aromatic heterocycles. The molecule has 5 rings (SSSR count). The first-order chi connectivity index (χ1) is 26.6. The third-order valence-corrected chi connectivity index (χ3v) is 10.3. The lowest BCUT2D eigenvalue weighted by Crippen LogP contribution is -2.56. The summed E-state index contributed by atoms with van der Waals surface area (Å²) in [5, 5.41) is 0. The van der Waals surface area contributed by atoms with Crippen LogP contribution in [-0.4, -0.2) is 53.7 Å². The van der Waals surface area contributed by atoms with Crippen molar-refractivity contribution in [1.29, 1.82) is 0 Å². The highest BCUT2D eigenvalue weighted by atomic mass is 15.5. The van der Waals surface area contributed by atoms with Gasteiger partial charge in [0.05, 0.1) is 20.0 Å². The summed E-state index contributed by atoms with van der Waals surface area (Å²) in [6.45, 7) is 41.5. The highest BCUT2D eigenvalue weighted by molar-refractivity contribution is 5.66. The van der Waals surface area contributed by atoms with E-state index in [4.69, 9.17) is 11.5 Å². The zero-order valence-corrected chi connectivity index (χ0v) is 39.3. The second-order valence-corrected chi connectivity index (χ2v) is 21.2. The number of benzene rings is 4. The molecule has 0 bridgehead atoms. The number of nitrogen functional groups attached to an aromatic ring is 2. The van der Waals surface area contributed by atoms with E-state index in [-0.39, 0.29) is 27.7 Å². The average Bonchev–Trinajstić information content (AvgIpc) is 3.07. The highest BCUT2D eigenvalue weighted by Gasteiger charge is 2.34. The Hall–Kier alpha value is -4.72. The molecule has 58 heavy (non-hydrogen) atoms. The van der Waals surface area contributed by atoms with Crippen LogP contribution in [0.15, 0.2) is 97.1 Å². The van der Waals surface area contributed by atoms with Gasteiger partial charge in [-0.2, -0.15) is 0 Å². The maximum absolute atomic E-state index is 5.37. The van der Waals surface area contributed by atoms with E-state index in [2.05, 4.69) is 220 Å². The van der Waals surface area contributed by atoms with E-state index >= 15 is 0 Å². The van der Waals surface area contributed by atoms with Crippen LogP contribution in [0.1, 0.15) is 118 Å². The van der Waals surface area contributed by atoms with E-state index in [9.17, 15) is 0 Å². The lowest BCUT2D eigenvalue weighted by Gasteiger charge is -2.48. The molecule has 8 heteroatoms. The summed E-state index contributed by atoms with van der Waals surface area (Å²) >= 11 is 0. The number of anilines is 8. The van der Waals surface area contributed by atoms with E-state index in [0.717, 1.165) is 31.4 Å². The quantitative estimate of drug-likeness (QED) is 0.179. The van der Waals surface area contributed by atoms with Crippen molar-refractivity contribution in [2.75, 3.05) is 60.9 Å². The highest BCUT2D eigenvalue weighted by Crippen LogP contribution is 2.37. The fourth-order valence-electron chi connectivity index (χ4n) is 9.21. The maximum Gasteiger partial charge on any atom is 0.0937 e. The standard InChI is InChI=1S/C44H70N6.C6H8N2/c1-33(2)48(40(3,4)5)37-24-18-34(19-25-37)45-30-46(35-20-26-38(27-21-35)49(41(6,7)8)42(9,10)11)32-47(31-45)36-22-28-39(29-23-36)50(43(12,13)14)44(15,16)17;7-5-1-2-6(8)4-3-5/h18-29,33H,30-32H2,1-17H3;1-4H,7-8H2. The number of hydrogen-bond acceptors (Lipinski definition) is 8. The van der Waals surface area contributed by atoms with Gasteiger partial charge in [-0.05, 0) is 215 Å². The number of rotatable bonds is 7. The van der Waals surface area contributed by atoms with Crippen molar-refractivity contribution in [3.63, 3.8) is 0 Å². The number of hydrogen-bond donors (Lipinski definition) is 2. The molecule has 1 heterocycles. The molecule has 4 aromatic carbocycles. The van der Waals surface area contributed by atoms with Crippen LogP contribution in [0.3, 0.4) is 0 Å². The smallest absolute Gasteiger partial charge is 0.0937 e. The SMILES string of the molecule is CC(C)N(c1ccc(N2CN(c3ccc(N(C(C)(C)C)C(C)(C)C)cc3)CN(c3ccc(N(C(C)(C)C)C(C)(C)C)cc3)C2)cc1)C(C)(C)C.Nc1ccc(N)cc1. The first-order valence-electron chi connectivity index (χ1n) is 21.1. The molecule has 1 aliphatic heterocycles. The summed E-state index contributed by atoms with van der Waals surface area (Å²) in [4.78, 5) is 15.1. The Morgan fingerprint density at radius 3 is 0.828 bits per heavy atom. The molecule has 0 unspecified atom stereocenters. The topological polar surface area (TPSA) is 71.5 Å². The van der Waals surface area contributed by atoms with Crippen molar-refractivity contribution < 1.29 is 0 Å². The van der Waals surface area contributed by atoms with Gasteiger partial charge in [-0.1, -0.05) is 0 Å². The molecule has 0 saturated carbocycles. The zero-order chi connectivity index (χ0) is 43.6. The van der Waals surface area contributed by atoms with Gasteiger partial charge in [-0.15, -0.1) is 0 Å². The van der Waals surface area contributed by atoms with Crippen molar-refractivity contribution in [2.24, 2.45) is 0 Å². The monoisotopic (exact) mass is 791 g/mol. The minimum Gasteiger partial charge on any atom is -0.399 e. The predicted molar refractivity (Wildman–Crippen MR) is 258 cm³/mol. The predicted octanol–water partition coefficient (Wildman–Crippen LogP) is 12.1. The van der Waals surface area contributed by atoms with Crippen molar-refractivity contribution in [1.82, 2.24) is 0 Å². The van der Waals surface area contributed by atoms with E-state index < -0.39 is 0 Å². The second kappa shape index (κ2) is 17.2. The third kappa shape index (κ3) is 11.7. The Morgan fingerprint density at radius 1 is 0.379 bits per heavy atom. The molecule has 0 spiro atoms. The Kier molecular flexibility index (Phi) is 13.7. The average molecular weight is 791 g/mol. The van der Waals surface area contributed by atoms with Crippen LogP contribution in [0, 0.1) is 0 Å². The van der Waals surface area contributed by atoms with Gasteiger partial charge in [0.25, 0.3) is 0 Å². The molecule has 0 amide bonds. The van der Waals surface area contributed by atoms with Gasteiger partial charge < -0.3 is 40.9 Å². The Balaban J connectivity index is 0.000000828. The Bertz CT molecular complexity index is 1730. The molecule has 0 atom stereocenters. The minimum atomic E-state index is 0.00448. The largest absolute Gasteiger partial charge is 0.399 e. The molecule has 4 N–H and O–H groups in total. The van der Waals surface area contributed by atoms with Crippen LogP contribution >= 0.6 is 0 Å². The van der Waals surface area contributed by atoms with Crippen LogP contribution in [0.4, 0.5) is 45.5 Å². The van der Waals surface area contributed by atoms with Crippen LogP contribution in [0.25, 0.3) is 0 Å². The fourth-order valence-corrected chi connectivity index (χ4v) is 9.21. The summed E-state index contributed by atoms with van der Waals surface area (Å²) in [7, 11) is 0. The second-order valence-electron chi connectivity index (χ2n) is 21.2. The molecule has 4 aromatic rings. The fraction of sp³-hybridized carbons (Fsp3) is 0.520. The molecule has 1 aliphatic rings. The lowest BCUT2D eigenvalue weighted by atomic mass is 9.94. The Morgan fingerprint density at radius 2 is 0.621 bits per heavy atom. The van der Waals surface area contributed by atoms with Crippen LogP contribution < -0.4 is 40.9 Å². The first kappa shape index (κ1) is 46.0. The third-order valence-electron chi connectivity index (χ3n) is 10.3. The summed E-state index contributed by atoms with van der Waals surface area (Å²) in [6.07, 6.45) is 0. The van der Waals surface area contributed by atoms with Gasteiger partial charge in [0, 0.05) is 79.2 Å². The van der Waals surface area contributed by atoms with Gasteiger partial charge in [0.1, 0.15) is 0 Å². The summed E-state index contributed by atoms with van der Waals surface area (Å²) in [6, 6.07) is 35.2. The van der Waals surface area contributed by atoms with Crippen molar-refractivity contribution >= 4 is 45.5 Å². The van der Waals surface area contributed by atoms with Gasteiger partial charge in [0.15, 0.2) is 0 Å². The molecular weight excluding hydrogens is 713 g/mol. The molecule has 1 saturated heterocycles. The van der Waals surface area contributed by atoms with E-state index in [0.29, 0.717) is 6.04 Å². The van der Waals surface area contributed by atoms with Crippen LogP contribution in [0.2, 0.25) is 0 Å². The van der Waals surface area contributed by atoms with Gasteiger partial charge in [-0.3, -0.25) is 0 Å². The molecule has 1 fully saturated rings. The van der Waals surface area contributed by atoms with Gasteiger partial charge in [-0.25, -0.2) is 0 Å². The zero-order valence-electron chi connectivity index (χ0n) is 39.3. The molecule has 8 nitrogen and oxygen atoms in total. The molecular formula is C50H78N8. The lowest BCUT2D eigenvalue weighted by molar-refractivity contribution is 0.380. The van der Waals surface area contributed by atoms with E-state index in [1.807, 2.05) is 0 Å². The van der Waals surface area contributed by atoms with Crippen LogP contribution in [-0.2, 0) is 0 Å². The summed E-state index contributed by atoms with van der Waals surface area (Å²) < 4.78 is 0. The van der Waals surface area contributed by atoms with E-state index in [1.165, 1.54) is 34.1 Å². The van der Waals surface area contributed by atoms with E-state index in [1.54, 1.807) is 24.3 Å². The molecule has 318 valence electrons. The van der Waals surface area contributed by atoms with Crippen LogP contribution in [0.5, 0.6) is 0 Å². The normalized spacial score (nSPS) is 14.3. The number of nitrogens with zero attached hydrogens (tertiary/aromatic N) is 6. The number of nitrogens with two attached hydrogens (primary N) is 2. The summed E-state index contributed by atoms with van der Waals surface area (Å²) in [5.41, 5.74) is 19.7. The van der Waals surface area contributed by atoms with Crippen molar-refractivity contribution in [3.8, 4) is 0 Å². The maximum atomic E-state index is 5.37. The molecule has 0 radical (unpaired) electrons.